The number of nitrogens with zero attached hydrogens (tertiary/aromatic N) is 2. The highest BCUT2D eigenvalue weighted by Gasteiger charge is 2.33. The Bertz CT molecular complexity index is 315. The first-order valence-electron chi connectivity index (χ1n) is 5.85. The van der Waals surface area contributed by atoms with Crippen molar-refractivity contribution in [3.05, 3.63) is 11.8 Å². The van der Waals surface area contributed by atoms with E-state index in [1.165, 1.54) is 18.5 Å². The van der Waals surface area contributed by atoms with Crippen LogP contribution in [0.4, 0.5) is 5.82 Å². The van der Waals surface area contributed by atoms with Gasteiger partial charge in [0.1, 0.15) is 5.82 Å². The maximum Gasteiger partial charge on any atom is 0.148 e. The van der Waals surface area contributed by atoms with Crippen LogP contribution in [0.15, 0.2) is 6.07 Å². The van der Waals surface area contributed by atoms with Crippen molar-refractivity contribution < 1.29 is 0 Å². The lowest BCUT2D eigenvalue weighted by Crippen LogP contribution is -2.28. The summed E-state index contributed by atoms with van der Waals surface area (Å²) in [7, 11) is 1.99. The second-order valence-corrected chi connectivity index (χ2v) is 5.05. The number of aromatic nitrogens is 2. The Labute approximate surface area is 91.9 Å². The predicted molar refractivity (Wildman–Crippen MR) is 62.9 cm³/mol. The molecule has 0 spiro atoms. The van der Waals surface area contributed by atoms with Crippen LogP contribution < -0.4 is 5.32 Å². The highest BCUT2D eigenvalue weighted by molar-refractivity contribution is 5.37. The third kappa shape index (κ3) is 2.33. The van der Waals surface area contributed by atoms with Gasteiger partial charge in [-0.1, -0.05) is 13.8 Å². The molecule has 0 aromatic carbocycles. The highest BCUT2D eigenvalue weighted by Crippen LogP contribution is 2.37. The van der Waals surface area contributed by atoms with Gasteiger partial charge in [0.15, 0.2) is 0 Å². The molecule has 1 aromatic rings. The van der Waals surface area contributed by atoms with Gasteiger partial charge in [0, 0.05) is 24.8 Å². The van der Waals surface area contributed by atoms with E-state index in [0.29, 0.717) is 12.0 Å². The predicted octanol–water partition coefficient (Wildman–Crippen LogP) is 2.58. The Morgan fingerprint density at radius 2 is 2.13 bits per heavy atom. The fourth-order valence-corrected chi connectivity index (χ4v) is 2.09. The molecule has 0 amide bonds. The van der Waals surface area contributed by atoms with E-state index in [1.807, 2.05) is 11.7 Å². The summed E-state index contributed by atoms with van der Waals surface area (Å²) in [5, 5.41) is 8.02. The van der Waals surface area contributed by atoms with Gasteiger partial charge >= 0.3 is 0 Å². The van der Waals surface area contributed by atoms with Gasteiger partial charge in [0.25, 0.3) is 0 Å². The van der Waals surface area contributed by atoms with Crippen molar-refractivity contribution in [2.24, 2.45) is 18.9 Å². The molecule has 1 aliphatic rings. The minimum atomic E-state index is 0.597. The second-order valence-electron chi connectivity index (χ2n) is 5.05. The quantitative estimate of drug-likeness (QED) is 0.822. The van der Waals surface area contributed by atoms with Crippen molar-refractivity contribution in [1.82, 2.24) is 9.78 Å². The van der Waals surface area contributed by atoms with Crippen molar-refractivity contribution in [2.45, 2.75) is 39.7 Å². The molecule has 15 heavy (non-hydrogen) atoms. The minimum absolute atomic E-state index is 0.597. The van der Waals surface area contributed by atoms with Crippen LogP contribution in [0.3, 0.4) is 0 Å². The molecule has 1 aromatic heterocycles. The Morgan fingerprint density at radius 1 is 1.47 bits per heavy atom. The summed E-state index contributed by atoms with van der Waals surface area (Å²) >= 11 is 0. The number of hydrogen-bond acceptors (Lipinski definition) is 2. The van der Waals surface area contributed by atoms with Gasteiger partial charge in [-0.05, 0) is 31.6 Å². The van der Waals surface area contributed by atoms with Gasteiger partial charge in [-0.15, -0.1) is 0 Å². The van der Waals surface area contributed by atoms with E-state index in [4.69, 9.17) is 0 Å². The summed E-state index contributed by atoms with van der Waals surface area (Å²) in [6.07, 6.45) is 2.75. The molecule has 1 atom stereocenters. The maximum absolute atomic E-state index is 4.45. The molecule has 0 aliphatic heterocycles. The van der Waals surface area contributed by atoms with E-state index >= 15 is 0 Å². The van der Waals surface area contributed by atoms with Gasteiger partial charge in [0.05, 0.1) is 0 Å². The Balaban J connectivity index is 2.05. The fraction of sp³-hybridized carbons (Fsp3) is 0.750. The number of rotatable bonds is 4. The molecule has 1 fully saturated rings. The van der Waals surface area contributed by atoms with Crippen molar-refractivity contribution in [3.63, 3.8) is 0 Å². The third-order valence-electron chi connectivity index (χ3n) is 3.28. The monoisotopic (exact) mass is 207 g/mol. The molecule has 1 aliphatic carbocycles. The third-order valence-corrected chi connectivity index (χ3v) is 3.28. The van der Waals surface area contributed by atoms with Gasteiger partial charge in [-0.25, -0.2) is 0 Å². The van der Waals surface area contributed by atoms with Crippen LogP contribution in [0.25, 0.3) is 0 Å². The molecule has 1 N–H and O–H groups in total. The Hall–Kier alpha value is -0.990. The summed E-state index contributed by atoms with van der Waals surface area (Å²) in [4.78, 5) is 0. The van der Waals surface area contributed by atoms with E-state index in [1.54, 1.807) is 0 Å². The first-order chi connectivity index (χ1) is 7.08. The highest BCUT2D eigenvalue weighted by atomic mass is 15.3. The lowest BCUT2D eigenvalue weighted by atomic mass is 10.00. The minimum Gasteiger partial charge on any atom is -0.365 e. The molecule has 0 radical (unpaired) electrons. The number of anilines is 1. The van der Waals surface area contributed by atoms with E-state index in [0.717, 1.165) is 11.7 Å². The van der Waals surface area contributed by atoms with Crippen LogP contribution in [0.5, 0.6) is 0 Å². The molecule has 0 bridgehead atoms. The lowest BCUT2D eigenvalue weighted by Gasteiger charge is -2.21. The van der Waals surface area contributed by atoms with E-state index < -0.39 is 0 Å². The molecule has 1 unspecified atom stereocenters. The Morgan fingerprint density at radius 3 is 2.53 bits per heavy atom. The molecule has 0 saturated heterocycles. The van der Waals surface area contributed by atoms with Crippen LogP contribution in [-0.2, 0) is 7.05 Å². The van der Waals surface area contributed by atoms with Gasteiger partial charge in [0.2, 0.25) is 0 Å². The van der Waals surface area contributed by atoms with Crippen LogP contribution >= 0.6 is 0 Å². The smallest absolute Gasteiger partial charge is 0.148 e. The van der Waals surface area contributed by atoms with Crippen LogP contribution in [0.2, 0.25) is 0 Å². The van der Waals surface area contributed by atoms with Crippen molar-refractivity contribution in [1.29, 1.82) is 0 Å². The summed E-state index contributed by atoms with van der Waals surface area (Å²) in [5.41, 5.74) is 1.20. The number of aryl methyl sites for hydroxylation is 2. The summed E-state index contributed by atoms with van der Waals surface area (Å²) in [6.45, 7) is 6.65. The molecule has 1 saturated carbocycles. The summed E-state index contributed by atoms with van der Waals surface area (Å²) in [5.74, 6) is 2.58. The van der Waals surface area contributed by atoms with Crippen LogP contribution in [-0.4, -0.2) is 15.8 Å². The summed E-state index contributed by atoms with van der Waals surface area (Å²) < 4.78 is 1.92. The van der Waals surface area contributed by atoms with Gasteiger partial charge < -0.3 is 5.32 Å². The topological polar surface area (TPSA) is 29.9 Å². The van der Waals surface area contributed by atoms with E-state index in [-0.39, 0.29) is 0 Å². The Kier molecular flexibility index (Phi) is 2.72. The van der Waals surface area contributed by atoms with Crippen molar-refractivity contribution >= 4 is 5.82 Å². The van der Waals surface area contributed by atoms with Crippen molar-refractivity contribution in [2.75, 3.05) is 5.32 Å². The molecular formula is C12H21N3. The zero-order valence-electron chi connectivity index (χ0n) is 10.1. The average Bonchev–Trinajstić information content (AvgIpc) is 2.92. The maximum atomic E-state index is 4.45. The van der Waals surface area contributed by atoms with Crippen LogP contribution in [0, 0.1) is 18.8 Å². The SMILES string of the molecule is Cc1cc(NC(C(C)C)C2CC2)nn1C. The molecular weight excluding hydrogens is 186 g/mol. The molecule has 3 heteroatoms. The molecule has 2 rings (SSSR count). The lowest BCUT2D eigenvalue weighted by molar-refractivity contribution is 0.475. The first kappa shape index (κ1) is 10.5. The number of nitrogens with one attached hydrogen (secondary N) is 1. The fourth-order valence-electron chi connectivity index (χ4n) is 2.09. The average molecular weight is 207 g/mol. The zero-order chi connectivity index (χ0) is 11.0. The second kappa shape index (κ2) is 3.87. The summed E-state index contributed by atoms with van der Waals surface area (Å²) in [6, 6.07) is 2.72. The van der Waals surface area contributed by atoms with Crippen molar-refractivity contribution in [3.8, 4) is 0 Å². The number of hydrogen-bond donors (Lipinski definition) is 1. The molecule has 84 valence electrons. The first-order valence-corrected chi connectivity index (χ1v) is 5.85. The standard InChI is InChI=1S/C12H21N3/c1-8(2)12(10-5-6-10)13-11-7-9(3)15(4)14-11/h7-8,10,12H,5-6H2,1-4H3,(H,13,14). The van der Waals surface area contributed by atoms with E-state index in [9.17, 15) is 0 Å². The van der Waals surface area contributed by atoms with Gasteiger partial charge in [-0.2, -0.15) is 5.10 Å². The largest absolute Gasteiger partial charge is 0.365 e. The van der Waals surface area contributed by atoms with E-state index in [2.05, 4.69) is 37.3 Å². The van der Waals surface area contributed by atoms with Crippen LogP contribution in [0.1, 0.15) is 32.4 Å². The molecule has 3 nitrogen and oxygen atoms in total. The van der Waals surface area contributed by atoms with Gasteiger partial charge in [-0.3, -0.25) is 4.68 Å². The zero-order valence-corrected chi connectivity index (χ0v) is 10.1. The molecule has 1 heterocycles. The normalized spacial score (nSPS) is 18.2.